The highest BCUT2D eigenvalue weighted by molar-refractivity contribution is 5.89. The quantitative estimate of drug-likeness (QED) is 0.640. The molecule has 0 spiro atoms. The van der Waals surface area contributed by atoms with Crippen LogP contribution in [0, 0.1) is 0 Å². The second-order valence-electron chi connectivity index (χ2n) is 4.92. The fourth-order valence-corrected chi connectivity index (χ4v) is 1.78. The third-order valence-corrected chi connectivity index (χ3v) is 3.04. The van der Waals surface area contributed by atoms with E-state index in [0.29, 0.717) is 11.3 Å². The number of halogens is 3. The first-order valence-corrected chi connectivity index (χ1v) is 7.16. The molecule has 1 aromatic heterocycles. The average Bonchev–Trinajstić information content (AvgIpc) is 3.09. The zero-order valence-electron chi connectivity index (χ0n) is 12.9. The number of ether oxygens (including phenoxy) is 1. The van der Waals surface area contributed by atoms with Crippen LogP contribution in [-0.4, -0.2) is 18.5 Å². The van der Waals surface area contributed by atoms with Crippen LogP contribution >= 0.6 is 0 Å². The number of esters is 1. The van der Waals surface area contributed by atoms with E-state index in [0.717, 1.165) is 18.2 Å². The summed E-state index contributed by atoms with van der Waals surface area (Å²) >= 11 is 0. The van der Waals surface area contributed by atoms with Crippen LogP contribution in [0.5, 0.6) is 0 Å². The zero-order chi connectivity index (χ0) is 18.3. The van der Waals surface area contributed by atoms with Crippen LogP contribution in [0.25, 0.3) is 6.08 Å². The summed E-state index contributed by atoms with van der Waals surface area (Å²) in [6.07, 6.45) is -0.622. The molecule has 1 aromatic carbocycles. The maximum atomic E-state index is 12.4. The van der Waals surface area contributed by atoms with E-state index in [-0.39, 0.29) is 6.54 Å². The van der Waals surface area contributed by atoms with Crippen LogP contribution in [0.3, 0.4) is 0 Å². The van der Waals surface area contributed by atoms with Crippen molar-refractivity contribution in [1.29, 1.82) is 0 Å². The van der Waals surface area contributed by atoms with Crippen LogP contribution in [0.15, 0.2) is 53.2 Å². The van der Waals surface area contributed by atoms with Crippen molar-refractivity contribution in [2.24, 2.45) is 0 Å². The molecule has 8 heteroatoms. The minimum absolute atomic E-state index is 0.171. The molecule has 0 aliphatic rings. The molecule has 0 aliphatic heterocycles. The molecular weight excluding hydrogens is 339 g/mol. The second-order valence-corrected chi connectivity index (χ2v) is 4.92. The fourth-order valence-electron chi connectivity index (χ4n) is 1.78. The molecule has 1 N–H and O–H groups in total. The van der Waals surface area contributed by atoms with Crippen molar-refractivity contribution >= 4 is 18.0 Å². The molecule has 132 valence electrons. The molecule has 0 unspecified atom stereocenters. The molecule has 25 heavy (non-hydrogen) atoms. The van der Waals surface area contributed by atoms with E-state index in [1.165, 1.54) is 24.5 Å². The Hall–Kier alpha value is -3.03. The summed E-state index contributed by atoms with van der Waals surface area (Å²) in [6, 6.07) is 7.62. The maximum absolute atomic E-state index is 12.4. The summed E-state index contributed by atoms with van der Waals surface area (Å²) in [5.74, 6) is -0.734. The van der Waals surface area contributed by atoms with Gasteiger partial charge in [-0.1, -0.05) is 12.1 Å². The number of nitrogens with one attached hydrogen (secondary N) is 1. The first kappa shape index (κ1) is 18.3. The minimum atomic E-state index is -4.41. The molecular formula is C17H14F3NO4. The molecule has 2 rings (SSSR count). The summed E-state index contributed by atoms with van der Waals surface area (Å²) < 4.78 is 47.0. The van der Waals surface area contributed by atoms with E-state index in [9.17, 15) is 22.8 Å². The van der Waals surface area contributed by atoms with Crippen molar-refractivity contribution in [3.05, 3.63) is 65.6 Å². The SMILES string of the molecule is O=C(COC(=O)C=Cc1ccc(C(F)(F)F)cc1)NCc1ccco1. The zero-order valence-corrected chi connectivity index (χ0v) is 12.9. The molecule has 0 bridgehead atoms. The Morgan fingerprint density at radius 2 is 1.88 bits per heavy atom. The lowest BCUT2D eigenvalue weighted by Crippen LogP contribution is -2.27. The molecule has 0 aliphatic carbocycles. The first-order valence-electron chi connectivity index (χ1n) is 7.16. The van der Waals surface area contributed by atoms with Crippen molar-refractivity contribution in [2.75, 3.05) is 6.61 Å². The van der Waals surface area contributed by atoms with Crippen LogP contribution in [-0.2, 0) is 27.0 Å². The third kappa shape index (κ3) is 6.17. The minimum Gasteiger partial charge on any atom is -0.467 e. The predicted octanol–water partition coefficient (Wildman–Crippen LogP) is 3.17. The number of alkyl halides is 3. The molecule has 0 saturated carbocycles. The maximum Gasteiger partial charge on any atom is 0.416 e. The highest BCUT2D eigenvalue weighted by Crippen LogP contribution is 2.29. The predicted molar refractivity (Wildman–Crippen MR) is 82.0 cm³/mol. The van der Waals surface area contributed by atoms with Crippen molar-refractivity contribution in [2.45, 2.75) is 12.7 Å². The van der Waals surface area contributed by atoms with Gasteiger partial charge >= 0.3 is 12.1 Å². The van der Waals surface area contributed by atoms with Gasteiger partial charge in [0.2, 0.25) is 0 Å². The summed E-state index contributed by atoms with van der Waals surface area (Å²) in [5.41, 5.74) is -0.382. The molecule has 2 aromatic rings. The van der Waals surface area contributed by atoms with Gasteiger partial charge in [-0.3, -0.25) is 4.79 Å². The average molecular weight is 353 g/mol. The number of hydrogen-bond acceptors (Lipinski definition) is 4. The Labute approximate surface area is 141 Å². The first-order chi connectivity index (χ1) is 11.8. The highest BCUT2D eigenvalue weighted by Gasteiger charge is 2.29. The van der Waals surface area contributed by atoms with Gasteiger partial charge in [0.15, 0.2) is 6.61 Å². The Morgan fingerprint density at radius 1 is 1.16 bits per heavy atom. The molecule has 1 heterocycles. The van der Waals surface area contributed by atoms with E-state index < -0.39 is 30.2 Å². The summed E-state index contributed by atoms with van der Waals surface area (Å²) in [4.78, 5) is 23.0. The number of amides is 1. The van der Waals surface area contributed by atoms with E-state index in [4.69, 9.17) is 9.15 Å². The molecule has 0 radical (unpaired) electrons. The van der Waals surface area contributed by atoms with E-state index in [1.807, 2.05) is 0 Å². The van der Waals surface area contributed by atoms with Crippen LogP contribution in [0.2, 0.25) is 0 Å². The largest absolute Gasteiger partial charge is 0.467 e. The van der Waals surface area contributed by atoms with E-state index in [2.05, 4.69) is 5.32 Å². The number of carbonyl (C=O) groups is 2. The van der Waals surface area contributed by atoms with Gasteiger partial charge in [-0.2, -0.15) is 13.2 Å². The van der Waals surface area contributed by atoms with Gasteiger partial charge in [0.05, 0.1) is 18.4 Å². The summed E-state index contributed by atoms with van der Waals surface area (Å²) in [7, 11) is 0. The molecule has 0 fully saturated rings. The lowest BCUT2D eigenvalue weighted by Gasteiger charge is -2.06. The Bertz CT molecular complexity index is 734. The van der Waals surface area contributed by atoms with Crippen molar-refractivity contribution in [3.8, 4) is 0 Å². The van der Waals surface area contributed by atoms with Crippen molar-refractivity contribution in [1.82, 2.24) is 5.32 Å². The molecule has 0 atom stereocenters. The number of benzene rings is 1. The second kappa shape index (κ2) is 8.18. The van der Waals surface area contributed by atoms with E-state index >= 15 is 0 Å². The molecule has 5 nitrogen and oxygen atoms in total. The van der Waals surface area contributed by atoms with Gasteiger partial charge in [-0.25, -0.2) is 4.79 Å². The number of furan rings is 1. The lowest BCUT2D eigenvalue weighted by molar-refractivity contribution is -0.143. The topological polar surface area (TPSA) is 68.5 Å². The van der Waals surface area contributed by atoms with Gasteiger partial charge < -0.3 is 14.5 Å². The van der Waals surface area contributed by atoms with Gasteiger partial charge in [-0.15, -0.1) is 0 Å². The Balaban J connectivity index is 1.75. The third-order valence-electron chi connectivity index (χ3n) is 3.04. The smallest absolute Gasteiger partial charge is 0.416 e. The van der Waals surface area contributed by atoms with Crippen LogP contribution in [0.1, 0.15) is 16.9 Å². The Morgan fingerprint density at radius 3 is 2.48 bits per heavy atom. The van der Waals surface area contributed by atoms with Crippen LogP contribution in [0.4, 0.5) is 13.2 Å². The normalized spacial score (nSPS) is 11.5. The lowest BCUT2D eigenvalue weighted by atomic mass is 10.1. The molecule has 0 saturated heterocycles. The van der Waals surface area contributed by atoms with Crippen molar-refractivity contribution in [3.63, 3.8) is 0 Å². The monoisotopic (exact) mass is 353 g/mol. The number of rotatable bonds is 6. The van der Waals surface area contributed by atoms with Gasteiger partial charge in [-0.05, 0) is 35.9 Å². The van der Waals surface area contributed by atoms with Gasteiger partial charge in [0, 0.05) is 6.08 Å². The van der Waals surface area contributed by atoms with E-state index in [1.54, 1.807) is 12.1 Å². The summed E-state index contributed by atoms with van der Waals surface area (Å²) in [5, 5.41) is 2.49. The van der Waals surface area contributed by atoms with Crippen molar-refractivity contribution < 1.29 is 31.9 Å². The van der Waals surface area contributed by atoms with Gasteiger partial charge in [0.1, 0.15) is 5.76 Å². The van der Waals surface area contributed by atoms with Crippen LogP contribution < -0.4 is 5.32 Å². The molecule has 1 amide bonds. The fraction of sp³-hybridized carbons (Fsp3) is 0.176. The number of hydrogen-bond donors (Lipinski definition) is 1. The van der Waals surface area contributed by atoms with Gasteiger partial charge in [0.25, 0.3) is 5.91 Å². The highest BCUT2D eigenvalue weighted by atomic mass is 19.4. The summed E-state index contributed by atoms with van der Waals surface area (Å²) in [6.45, 7) is -0.304. The Kier molecular flexibility index (Phi) is 5.99. The standard InChI is InChI=1S/C17H14F3NO4/c18-17(19,20)13-6-3-12(4-7-13)5-8-16(23)25-11-15(22)21-10-14-2-1-9-24-14/h1-9H,10-11H2,(H,21,22). The number of carbonyl (C=O) groups excluding carboxylic acids is 2.